The number of carbonyl (C=O) groups is 2. The summed E-state index contributed by atoms with van der Waals surface area (Å²) in [6.07, 6.45) is -6.49. The minimum Gasteiger partial charge on any atom is -0.362 e. The Hall–Kier alpha value is -5.54. The predicted molar refractivity (Wildman–Crippen MR) is 234 cm³/mol. The molecule has 2 amide bonds. The lowest BCUT2D eigenvalue weighted by Crippen LogP contribution is -2.53. The minimum absolute atomic E-state index is 0.0621. The zero-order valence-electron chi connectivity index (χ0n) is 36.5. The van der Waals surface area contributed by atoms with E-state index < -0.39 is 91.8 Å². The number of morpholine rings is 2. The highest BCUT2D eigenvalue weighted by Crippen LogP contribution is 2.39. The number of anilines is 4. The van der Waals surface area contributed by atoms with Crippen molar-refractivity contribution in [1.82, 2.24) is 19.9 Å². The number of halogens is 6. The van der Waals surface area contributed by atoms with Gasteiger partial charge in [-0.2, -0.15) is 26.3 Å². The van der Waals surface area contributed by atoms with Gasteiger partial charge in [0.2, 0.25) is 0 Å². The summed E-state index contributed by atoms with van der Waals surface area (Å²) < 4.78 is 137. The van der Waals surface area contributed by atoms with Gasteiger partial charge in [0.25, 0.3) is 31.9 Å². The smallest absolute Gasteiger partial charge is 0.362 e. The number of alkyl halides is 6. The van der Waals surface area contributed by atoms with Crippen LogP contribution in [0.4, 0.5) is 49.4 Å². The Bertz CT molecular complexity index is 2560. The highest BCUT2D eigenvalue weighted by atomic mass is 32.2. The van der Waals surface area contributed by atoms with E-state index in [4.69, 9.17) is 19.8 Å². The van der Waals surface area contributed by atoms with Crippen LogP contribution in [0, 0.1) is 0 Å². The topological polar surface area (TPSA) is 255 Å². The number of hydrogen-bond donors (Lipinski definition) is 4. The third-order valence-corrected chi connectivity index (χ3v) is 13.4. The Kier molecular flexibility index (Phi) is 14.7. The molecule has 2 saturated carbocycles. The van der Waals surface area contributed by atoms with Gasteiger partial charge >= 0.3 is 12.4 Å². The number of nitrogens with two attached hydrogens (primary N) is 2. The van der Waals surface area contributed by atoms with Gasteiger partial charge in [-0.05, 0) is 75.9 Å². The molecule has 2 saturated heterocycles. The molecular formula is C42H48F6N10O8S2. The molecule has 4 fully saturated rings. The van der Waals surface area contributed by atoms with E-state index in [9.17, 15) is 52.8 Å². The molecule has 18 nitrogen and oxygen atoms in total. The first-order chi connectivity index (χ1) is 31.8. The van der Waals surface area contributed by atoms with E-state index in [1.165, 1.54) is 60.3 Å². The monoisotopic (exact) mass is 998 g/mol. The maximum atomic E-state index is 13.4. The number of rotatable bonds is 10. The number of carbonyl (C=O) groups excluding carboxylic acids is 2. The van der Waals surface area contributed by atoms with Gasteiger partial charge in [0.1, 0.15) is 11.6 Å². The molecule has 4 aromatic rings. The van der Waals surface area contributed by atoms with Gasteiger partial charge in [0, 0.05) is 72.2 Å². The summed E-state index contributed by atoms with van der Waals surface area (Å²) in [6.45, 7) is 2.32. The maximum absolute atomic E-state index is 13.4. The first kappa shape index (κ1) is 50.3. The average molecular weight is 999 g/mol. The summed E-state index contributed by atoms with van der Waals surface area (Å²) in [4.78, 5) is 45.6. The largest absolute Gasteiger partial charge is 0.416 e. The summed E-state index contributed by atoms with van der Waals surface area (Å²) in [5.74, 6) is -0.650. The lowest BCUT2D eigenvalue weighted by Gasteiger charge is -2.39. The second kappa shape index (κ2) is 19.8. The van der Waals surface area contributed by atoms with Crippen LogP contribution in [0.25, 0.3) is 0 Å². The van der Waals surface area contributed by atoms with Crippen molar-refractivity contribution in [3.8, 4) is 0 Å². The summed E-state index contributed by atoms with van der Waals surface area (Å²) in [7, 11) is -8.18. The lowest BCUT2D eigenvalue weighted by molar-refractivity contribution is -0.233. The number of sulfonamides is 2. The van der Waals surface area contributed by atoms with Crippen molar-refractivity contribution in [2.24, 2.45) is 10.3 Å². The Morgan fingerprint density at radius 2 is 0.985 bits per heavy atom. The van der Waals surface area contributed by atoms with E-state index in [-0.39, 0.29) is 59.1 Å². The molecule has 0 aromatic carbocycles. The summed E-state index contributed by atoms with van der Waals surface area (Å²) >= 11 is 0. The van der Waals surface area contributed by atoms with Crippen molar-refractivity contribution in [1.29, 1.82) is 0 Å². The van der Waals surface area contributed by atoms with Gasteiger partial charge in [0.15, 0.2) is 22.3 Å². The standard InChI is InChI=1S/2C21H24F3N5O4S/c2*1-12-10-29(11-17(33-12)21(22,23)24)19-15(5-6-16(28-19)13-3-2-4-13)20(30)27-14-7-8-26-18(9-14)34(25,31)32/h2*5-9,12-13,17H,2-4,10-11H2,1H3,(H2,25,31,32)(H,26,27,30). The van der Waals surface area contributed by atoms with Crippen LogP contribution in [0.5, 0.6) is 0 Å². The molecule has 2 aliphatic carbocycles. The summed E-state index contributed by atoms with van der Waals surface area (Å²) in [5.41, 5.74) is 1.80. The van der Waals surface area contributed by atoms with E-state index in [1.807, 2.05) is 0 Å². The number of nitrogens with one attached hydrogen (secondary N) is 2. The minimum atomic E-state index is -4.57. The van der Waals surface area contributed by atoms with Gasteiger partial charge in [-0.25, -0.2) is 47.0 Å². The van der Waals surface area contributed by atoms with Crippen LogP contribution in [0.2, 0.25) is 0 Å². The Balaban J connectivity index is 0.000000201. The molecule has 6 heterocycles. The van der Waals surface area contributed by atoms with E-state index in [0.29, 0.717) is 0 Å². The number of aromatic nitrogens is 4. The van der Waals surface area contributed by atoms with Crippen LogP contribution in [0.1, 0.15) is 96.3 Å². The maximum Gasteiger partial charge on any atom is 0.416 e. The Morgan fingerprint density at radius 1 is 0.618 bits per heavy atom. The molecular weight excluding hydrogens is 951 g/mol. The summed E-state index contributed by atoms with van der Waals surface area (Å²) in [6, 6.07) is 11.4. The molecule has 8 rings (SSSR count). The molecule has 0 bridgehead atoms. The molecule has 368 valence electrons. The fraction of sp³-hybridized carbons (Fsp3) is 0.476. The molecule has 4 unspecified atom stereocenters. The number of hydrogen-bond acceptors (Lipinski definition) is 14. The number of primary sulfonamides is 2. The zero-order chi connectivity index (χ0) is 49.3. The third kappa shape index (κ3) is 12.2. The van der Waals surface area contributed by atoms with E-state index in [2.05, 4.69) is 30.6 Å². The second-order valence-corrected chi connectivity index (χ2v) is 20.0. The SMILES string of the molecule is CC1CN(c2nc(C3CCC3)ccc2C(=O)Nc2ccnc(S(N)(=O)=O)c2)CC(C(F)(F)F)O1.CC1CN(c2nc(C3CCC3)ccc2C(=O)Nc2ccnc(S(N)(=O)=O)c2)CC(C(F)(F)F)O1. The molecule has 4 aliphatic rings. The number of ether oxygens (including phenoxy) is 2. The van der Waals surface area contributed by atoms with E-state index in [1.54, 1.807) is 12.1 Å². The van der Waals surface area contributed by atoms with Crippen LogP contribution in [-0.4, -0.2) is 112 Å². The first-order valence-corrected chi connectivity index (χ1v) is 24.5. The lowest BCUT2D eigenvalue weighted by atomic mass is 9.82. The Morgan fingerprint density at radius 3 is 1.29 bits per heavy atom. The van der Waals surface area contributed by atoms with Crippen molar-refractivity contribution in [3.05, 3.63) is 83.4 Å². The van der Waals surface area contributed by atoms with Gasteiger partial charge in [0.05, 0.1) is 36.4 Å². The molecule has 4 aromatic heterocycles. The molecule has 4 atom stereocenters. The Labute approximate surface area is 387 Å². The van der Waals surface area contributed by atoms with Gasteiger partial charge in [-0.15, -0.1) is 0 Å². The fourth-order valence-corrected chi connectivity index (χ4v) is 8.92. The van der Waals surface area contributed by atoms with Crippen LogP contribution in [-0.2, 0) is 29.5 Å². The van der Waals surface area contributed by atoms with Crippen molar-refractivity contribution in [2.75, 3.05) is 46.6 Å². The molecule has 26 heteroatoms. The molecule has 2 aliphatic heterocycles. The number of pyridine rings is 4. The van der Waals surface area contributed by atoms with Crippen molar-refractivity contribution in [3.63, 3.8) is 0 Å². The highest BCUT2D eigenvalue weighted by molar-refractivity contribution is 7.89. The normalized spacial score (nSPS) is 21.7. The van der Waals surface area contributed by atoms with E-state index >= 15 is 0 Å². The van der Waals surface area contributed by atoms with Crippen molar-refractivity contribution >= 4 is 54.9 Å². The van der Waals surface area contributed by atoms with Gasteiger partial charge < -0.3 is 29.9 Å². The molecule has 0 radical (unpaired) electrons. The molecule has 68 heavy (non-hydrogen) atoms. The first-order valence-electron chi connectivity index (χ1n) is 21.4. The van der Waals surface area contributed by atoms with Crippen molar-refractivity contribution in [2.45, 2.75) is 111 Å². The quantitative estimate of drug-likeness (QED) is 0.141. The van der Waals surface area contributed by atoms with E-state index in [0.717, 1.165) is 62.0 Å². The number of amides is 2. The van der Waals surface area contributed by atoms with Crippen LogP contribution < -0.4 is 30.7 Å². The molecule has 6 N–H and O–H groups in total. The molecule has 0 spiro atoms. The van der Waals surface area contributed by atoms with Gasteiger partial charge in [-0.1, -0.05) is 12.8 Å². The fourth-order valence-electron chi connectivity index (χ4n) is 7.92. The average Bonchev–Trinajstić information content (AvgIpc) is 3.21. The van der Waals surface area contributed by atoms with Crippen molar-refractivity contribution < 1.29 is 62.2 Å². The summed E-state index contributed by atoms with van der Waals surface area (Å²) in [5, 5.41) is 14.4. The van der Waals surface area contributed by atoms with Crippen LogP contribution >= 0.6 is 0 Å². The number of nitrogens with zero attached hydrogens (tertiary/aromatic N) is 6. The zero-order valence-corrected chi connectivity index (χ0v) is 38.1. The third-order valence-electron chi connectivity index (χ3n) is 11.7. The predicted octanol–water partition coefficient (Wildman–Crippen LogP) is 5.60. The van der Waals surface area contributed by atoms with Gasteiger partial charge in [-0.3, -0.25) is 9.59 Å². The highest BCUT2D eigenvalue weighted by Gasteiger charge is 2.47. The van der Waals surface area contributed by atoms with Crippen LogP contribution in [0.3, 0.4) is 0 Å². The second-order valence-electron chi connectivity index (χ2n) is 17.0. The van der Waals surface area contributed by atoms with Crippen LogP contribution in [0.15, 0.2) is 71.0 Å².